The van der Waals surface area contributed by atoms with Crippen LogP contribution in [0.2, 0.25) is 0 Å². The number of carbonyl (C=O) groups is 2. The van der Waals surface area contributed by atoms with Gasteiger partial charge in [0.05, 0.1) is 5.69 Å². The highest BCUT2D eigenvalue weighted by molar-refractivity contribution is 8.15. The second-order valence-corrected chi connectivity index (χ2v) is 5.92. The van der Waals surface area contributed by atoms with Gasteiger partial charge < -0.3 is 11.1 Å². The van der Waals surface area contributed by atoms with Crippen molar-refractivity contribution >= 4 is 46.2 Å². The second kappa shape index (κ2) is 6.12. The molecule has 1 aliphatic rings. The smallest absolute Gasteiger partial charge is 0.262 e. The summed E-state index contributed by atoms with van der Waals surface area (Å²) in [5.41, 5.74) is 6.20. The standard InChI is InChI=1S/C12H13N3O2S2/c1-18-8-5-3-2-4-7(8)14-10(16)6-9-11(17)15-12(13)19-9/h2-5,9H,6H2,1H3,(H,14,16)(H2,13,15,17)/t9-/m1/s1. The number of aliphatic imine (C=N–C) groups is 1. The Kier molecular flexibility index (Phi) is 4.49. The van der Waals surface area contributed by atoms with Crippen LogP contribution >= 0.6 is 23.5 Å². The van der Waals surface area contributed by atoms with Gasteiger partial charge >= 0.3 is 0 Å². The third kappa shape index (κ3) is 3.51. The number of para-hydroxylation sites is 1. The molecule has 7 heteroatoms. The minimum atomic E-state index is -0.499. The molecule has 1 aromatic rings. The lowest BCUT2D eigenvalue weighted by atomic mass is 10.2. The molecule has 0 unspecified atom stereocenters. The molecule has 19 heavy (non-hydrogen) atoms. The highest BCUT2D eigenvalue weighted by Gasteiger charge is 2.29. The molecule has 0 spiro atoms. The topological polar surface area (TPSA) is 84.6 Å². The van der Waals surface area contributed by atoms with Crippen molar-refractivity contribution in [2.75, 3.05) is 11.6 Å². The molecule has 0 saturated carbocycles. The van der Waals surface area contributed by atoms with E-state index in [1.54, 1.807) is 11.8 Å². The first kappa shape index (κ1) is 14.0. The van der Waals surface area contributed by atoms with Gasteiger partial charge in [-0.05, 0) is 18.4 Å². The molecule has 1 aliphatic heterocycles. The Morgan fingerprint density at radius 3 is 2.89 bits per heavy atom. The summed E-state index contributed by atoms with van der Waals surface area (Å²) in [6, 6.07) is 7.52. The first-order valence-corrected chi connectivity index (χ1v) is 7.68. The average Bonchev–Trinajstić information content (AvgIpc) is 2.68. The van der Waals surface area contributed by atoms with Gasteiger partial charge in [0.1, 0.15) is 5.25 Å². The normalized spacial score (nSPS) is 18.3. The van der Waals surface area contributed by atoms with E-state index >= 15 is 0 Å². The van der Waals surface area contributed by atoms with E-state index in [1.807, 2.05) is 30.5 Å². The van der Waals surface area contributed by atoms with E-state index in [1.165, 1.54) is 0 Å². The Labute approximate surface area is 119 Å². The summed E-state index contributed by atoms with van der Waals surface area (Å²) < 4.78 is 0. The van der Waals surface area contributed by atoms with Crippen LogP contribution in [-0.4, -0.2) is 28.5 Å². The fraction of sp³-hybridized carbons (Fsp3) is 0.250. The predicted octanol–water partition coefficient (Wildman–Crippen LogP) is 1.69. The third-order valence-corrected chi connectivity index (χ3v) is 4.29. The molecule has 0 aliphatic carbocycles. The van der Waals surface area contributed by atoms with Gasteiger partial charge in [-0.3, -0.25) is 9.59 Å². The maximum atomic E-state index is 11.9. The lowest BCUT2D eigenvalue weighted by Crippen LogP contribution is -2.21. The lowest BCUT2D eigenvalue weighted by Gasteiger charge is -2.10. The van der Waals surface area contributed by atoms with Gasteiger partial charge in [0.2, 0.25) is 5.91 Å². The van der Waals surface area contributed by atoms with Crippen molar-refractivity contribution in [2.45, 2.75) is 16.6 Å². The van der Waals surface area contributed by atoms with Crippen molar-refractivity contribution in [1.82, 2.24) is 0 Å². The van der Waals surface area contributed by atoms with Crippen molar-refractivity contribution < 1.29 is 9.59 Å². The molecule has 2 rings (SSSR count). The van der Waals surface area contributed by atoms with Crippen LogP contribution in [0.15, 0.2) is 34.2 Å². The summed E-state index contributed by atoms with van der Waals surface area (Å²) in [6.45, 7) is 0. The van der Waals surface area contributed by atoms with Crippen molar-refractivity contribution in [3.05, 3.63) is 24.3 Å². The highest BCUT2D eigenvalue weighted by Crippen LogP contribution is 2.26. The first-order valence-electron chi connectivity index (χ1n) is 5.57. The Balaban J connectivity index is 1.97. The van der Waals surface area contributed by atoms with Crippen LogP contribution in [0.4, 0.5) is 5.69 Å². The number of nitrogens with one attached hydrogen (secondary N) is 1. The number of amidine groups is 1. The molecule has 0 fully saturated rings. The molecule has 3 N–H and O–H groups in total. The summed E-state index contributed by atoms with van der Waals surface area (Å²) in [7, 11) is 0. The number of nitrogens with zero attached hydrogens (tertiary/aromatic N) is 1. The molecule has 5 nitrogen and oxygen atoms in total. The van der Waals surface area contributed by atoms with Gasteiger partial charge in [-0.25, -0.2) is 0 Å². The number of hydrogen-bond donors (Lipinski definition) is 2. The minimum absolute atomic E-state index is 0.0798. The first-order chi connectivity index (χ1) is 9.10. The molecule has 1 atom stereocenters. The number of rotatable bonds is 4. The van der Waals surface area contributed by atoms with Crippen molar-refractivity contribution in [3.8, 4) is 0 Å². The lowest BCUT2D eigenvalue weighted by molar-refractivity contribution is -0.121. The van der Waals surface area contributed by atoms with E-state index in [4.69, 9.17) is 5.73 Å². The fourth-order valence-corrected chi connectivity index (χ4v) is 3.03. The van der Waals surface area contributed by atoms with Gasteiger partial charge in [-0.1, -0.05) is 23.9 Å². The van der Waals surface area contributed by atoms with Crippen LogP contribution in [0.25, 0.3) is 0 Å². The number of thioether (sulfide) groups is 2. The van der Waals surface area contributed by atoms with Crippen LogP contribution in [0.5, 0.6) is 0 Å². The zero-order chi connectivity index (χ0) is 13.8. The Bertz CT molecular complexity index is 546. The van der Waals surface area contributed by atoms with E-state index in [2.05, 4.69) is 10.3 Å². The van der Waals surface area contributed by atoms with Gasteiger partial charge in [0.25, 0.3) is 5.91 Å². The van der Waals surface area contributed by atoms with Crippen molar-refractivity contribution in [3.63, 3.8) is 0 Å². The van der Waals surface area contributed by atoms with E-state index < -0.39 is 5.25 Å². The summed E-state index contributed by atoms with van der Waals surface area (Å²) in [5.74, 6) is -0.548. The number of hydrogen-bond acceptors (Lipinski definition) is 5. The van der Waals surface area contributed by atoms with Crippen LogP contribution in [0.1, 0.15) is 6.42 Å². The molecule has 0 aromatic heterocycles. The molecule has 100 valence electrons. The zero-order valence-electron chi connectivity index (χ0n) is 10.3. The van der Waals surface area contributed by atoms with Crippen LogP contribution < -0.4 is 11.1 Å². The van der Waals surface area contributed by atoms with Crippen LogP contribution in [0, 0.1) is 0 Å². The molecule has 0 saturated heterocycles. The quantitative estimate of drug-likeness (QED) is 0.826. The average molecular weight is 295 g/mol. The SMILES string of the molecule is CSc1ccccc1NC(=O)C[C@H]1SC(N)=NC1=O. The summed E-state index contributed by atoms with van der Waals surface area (Å²) in [4.78, 5) is 27.9. The van der Waals surface area contributed by atoms with Gasteiger partial charge in [-0.15, -0.1) is 11.8 Å². The van der Waals surface area contributed by atoms with Gasteiger partial charge in [-0.2, -0.15) is 4.99 Å². The fourth-order valence-electron chi connectivity index (χ4n) is 1.65. The van der Waals surface area contributed by atoms with E-state index in [0.717, 1.165) is 22.3 Å². The molecular weight excluding hydrogens is 282 g/mol. The maximum Gasteiger partial charge on any atom is 0.262 e. The molecule has 1 heterocycles. The Morgan fingerprint density at radius 1 is 1.53 bits per heavy atom. The van der Waals surface area contributed by atoms with Crippen molar-refractivity contribution in [2.24, 2.45) is 10.7 Å². The predicted molar refractivity (Wildman–Crippen MR) is 79.5 cm³/mol. The summed E-state index contributed by atoms with van der Waals surface area (Å²) in [5, 5.41) is 2.54. The molecule has 1 aromatic carbocycles. The molecule has 2 amide bonds. The second-order valence-electron chi connectivity index (χ2n) is 3.85. The molecule has 0 bridgehead atoms. The number of carbonyl (C=O) groups excluding carboxylic acids is 2. The number of benzene rings is 1. The third-order valence-electron chi connectivity index (χ3n) is 2.51. The summed E-state index contributed by atoms with van der Waals surface area (Å²) in [6.07, 6.45) is 2.02. The van der Waals surface area contributed by atoms with E-state index in [9.17, 15) is 9.59 Å². The van der Waals surface area contributed by atoms with Crippen LogP contribution in [0.3, 0.4) is 0 Å². The van der Waals surface area contributed by atoms with Crippen LogP contribution in [-0.2, 0) is 9.59 Å². The van der Waals surface area contributed by atoms with E-state index in [-0.39, 0.29) is 23.4 Å². The number of anilines is 1. The molecule has 0 radical (unpaired) electrons. The van der Waals surface area contributed by atoms with Gasteiger partial charge in [0.15, 0.2) is 5.17 Å². The summed E-state index contributed by atoms with van der Waals surface area (Å²) >= 11 is 2.69. The zero-order valence-corrected chi connectivity index (χ0v) is 11.9. The van der Waals surface area contributed by atoms with Crippen molar-refractivity contribution in [1.29, 1.82) is 0 Å². The van der Waals surface area contributed by atoms with Gasteiger partial charge in [0, 0.05) is 11.3 Å². The monoisotopic (exact) mass is 295 g/mol. The van der Waals surface area contributed by atoms with E-state index in [0.29, 0.717) is 0 Å². The minimum Gasteiger partial charge on any atom is -0.378 e. The maximum absolute atomic E-state index is 11.9. The number of nitrogens with two attached hydrogens (primary N) is 1. The largest absolute Gasteiger partial charge is 0.378 e. The number of amides is 2. The Morgan fingerprint density at radius 2 is 2.26 bits per heavy atom. The highest BCUT2D eigenvalue weighted by atomic mass is 32.2. The molecular formula is C12H13N3O2S2. The Hall–Kier alpha value is -1.47.